The Morgan fingerprint density at radius 3 is 2.44 bits per heavy atom. The van der Waals surface area contributed by atoms with Gasteiger partial charge in [-0.2, -0.15) is 0 Å². The van der Waals surface area contributed by atoms with Crippen LogP contribution in [0.1, 0.15) is 26.7 Å². The van der Waals surface area contributed by atoms with Crippen LogP contribution < -0.4 is 4.72 Å². The molecule has 0 fully saturated rings. The van der Waals surface area contributed by atoms with Gasteiger partial charge in [0, 0.05) is 19.0 Å². The summed E-state index contributed by atoms with van der Waals surface area (Å²) in [6.45, 7) is 3.95. The summed E-state index contributed by atoms with van der Waals surface area (Å²) in [5, 5.41) is 9.02. The molecule has 0 saturated heterocycles. The van der Waals surface area contributed by atoms with E-state index in [2.05, 4.69) is 4.72 Å². The predicted molar refractivity (Wildman–Crippen MR) is 109 cm³/mol. The zero-order valence-electron chi connectivity index (χ0n) is 15.8. The van der Waals surface area contributed by atoms with Gasteiger partial charge < -0.3 is 4.74 Å². The number of hydrogen-bond donors (Lipinski definition) is 2. The van der Waals surface area contributed by atoms with Crippen molar-refractivity contribution in [2.45, 2.75) is 31.6 Å². The standard InChI is InChI=1S/C17H24Cl2N4O3S/c1-5-7-10-26-15(20)23(6-2,17(25)22(3)4)16(24)21-27-12-8-9-13(18)14(19)11-12/h8-9,11,20H,5-7,10H2,1-4H3/p+1. The number of rotatable bonds is 6. The highest BCUT2D eigenvalue weighted by Gasteiger charge is 2.52. The maximum atomic E-state index is 13.0. The highest BCUT2D eigenvalue weighted by Crippen LogP contribution is 2.27. The molecule has 0 bridgehead atoms. The van der Waals surface area contributed by atoms with Gasteiger partial charge in [-0.25, -0.2) is 19.7 Å². The van der Waals surface area contributed by atoms with Crippen LogP contribution in [0.25, 0.3) is 0 Å². The van der Waals surface area contributed by atoms with Crippen LogP contribution in [0.2, 0.25) is 10.0 Å². The van der Waals surface area contributed by atoms with Crippen molar-refractivity contribution in [3.05, 3.63) is 28.2 Å². The second-order valence-corrected chi connectivity index (χ2v) is 7.59. The molecular formula is C17H25Cl2N4O3S+. The molecule has 0 aromatic heterocycles. The van der Waals surface area contributed by atoms with Crippen LogP contribution in [-0.4, -0.2) is 54.7 Å². The molecule has 1 rings (SSSR count). The second kappa shape index (κ2) is 10.8. The van der Waals surface area contributed by atoms with Crippen molar-refractivity contribution in [1.82, 2.24) is 9.62 Å². The highest BCUT2D eigenvalue weighted by molar-refractivity contribution is 7.98. The minimum Gasteiger partial charge on any atom is -0.436 e. The smallest absolute Gasteiger partial charge is 0.436 e. The normalized spacial score (nSPS) is 12.8. The van der Waals surface area contributed by atoms with Crippen molar-refractivity contribution in [1.29, 1.82) is 5.41 Å². The van der Waals surface area contributed by atoms with Crippen LogP contribution in [0.4, 0.5) is 9.59 Å². The lowest BCUT2D eigenvalue weighted by Gasteiger charge is -2.31. The number of halogens is 2. The van der Waals surface area contributed by atoms with E-state index in [9.17, 15) is 9.59 Å². The van der Waals surface area contributed by atoms with Crippen molar-refractivity contribution < 1.29 is 18.8 Å². The van der Waals surface area contributed by atoms with E-state index in [-0.39, 0.29) is 13.2 Å². The van der Waals surface area contributed by atoms with E-state index >= 15 is 0 Å². The topological polar surface area (TPSA) is 82.5 Å². The number of carbonyl (C=O) groups is 2. The monoisotopic (exact) mass is 435 g/mol. The van der Waals surface area contributed by atoms with Crippen molar-refractivity contribution in [2.75, 3.05) is 27.2 Å². The van der Waals surface area contributed by atoms with Gasteiger partial charge in [-0.1, -0.05) is 41.0 Å². The zero-order chi connectivity index (χ0) is 20.6. The van der Waals surface area contributed by atoms with Gasteiger partial charge in [0.05, 0.1) is 16.7 Å². The second-order valence-electron chi connectivity index (χ2n) is 5.90. The summed E-state index contributed by atoms with van der Waals surface area (Å²) in [5.41, 5.74) is 0. The molecule has 0 aliphatic carbocycles. The molecule has 0 heterocycles. The van der Waals surface area contributed by atoms with Crippen LogP contribution in [0.5, 0.6) is 0 Å². The fourth-order valence-electron chi connectivity index (χ4n) is 2.17. The lowest BCUT2D eigenvalue weighted by atomic mass is 10.4. The number of urea groups is 2. The van der Waals surface area contributed by atoms with E-state index in [0.29, 0.717) is 14.9 Å². The number of amides is 4. The number of ether oxygens (including phenoxy) is 1. The van der Waals surface area contributed by atoms with Crippen LogP contribution in [0.15, 0.2) is 23.1 Å². The Labute approximate surface area is 174 Å². The summed E-state index contributed by atoms with van der Waals surface area (Å²) in [6.07, 6.45) is 1.60. The fraction of sp³-hybridized carbons (Fsp3) is 0.471. The summed E-state index contributed by atoms with van der Waals surface area (Å²) in [6, 6.07) is 3.27. The fourth-order valence-corrected chi connectivity index (χ4v) is 3.21. The van der Waals surface area contributed by atoms with Gasteiger partial charge in [0.1, 0.15) is 6.54 Å². The molecule has 0 spiro atoms. The van der Waals surface area contributed by atoms with E-state index in [4.69, 9.17) is 33.3 Å². The van der Waals surface area contributed by atoms with Gasteiger partial charge in [0.25, 0.3) is 0 Å². The molecule has 0 aliphatic rings. The summed E-state index contributed by atoms with van der Waals surface area (Å²) < 4.78 is 7.14. The Balaban J connectivity index is 3.05. The number of benzene rings is 1. The maximum Gasteiger partial charge on any atom is 0.445 e. The lowest BCUT2D eigenvalue weighted by molar-refractivity contribution is -0.685. The van der Waals surface area contributed by atoms with E-state index in [1.165, 1.54) is 19.0 Å². The molecule has 1 aromatic rings. The van der Waals surface area contributed by atoms with Crippen molar-refractivity contribution in [3.63, 3.8) is 0 Å². The molecule has 27 heavy (non-hydrogen) atoms. The average Bonchev–Trinajstić information content (AvgIpc) is 2.63. The number of carbonyl (C=O) groups excluding carboxylic acids is 2. The zero-order valence-corrected chi connectivity index (χ0v) is 18.2. The summed E-state index contributed by atoms with van der Waals surface area (Å²) in [7, 11) is 3.06. The molecule has 4 amide bonds. The first-order chi connectivity index (χ1) is 12.7. The highest BCUT2D eigenvalue weighted by atomic mass is 35.5. The number of amidine groups is 1. The molecular weight excluding hydrogens is 411 g/mol. The first kappa shape index (κ1) is 23.6. The maximum absolute atomic E-state index is 13.0. The lowest BCUT2D eigenvalue weighted by Crippen LogP contribution is -2.66. The molecule has 10 heteroatoms. The SMILES string of the molecule is CCCCOC(=N)[N+](CC)(C(=O)NSc1ccc(Cl)c(Cl)c1)C(=O)N(C)C. The van der Waals surface area contributed by atoms with Gasteiger partial charge in [0.2, 0.25) is 0 Å². The van der Waals surface area contributed by atoms with Crippen molar-refractivity contribution in [2.24, 2.45) is 0 Å². The molecule has 0 saturated carbocycles. The van der Waals surface area contributed by atoms with Crippen LogP contribution in [-0.2, 0) is 4.74 Å². The number of imide groups is 1. The summed E-state index contributed by atoms with van der Waals surface area (Å²) in [4.78, 5) is 27.7. The number of nitrogens with one attached hydrogen (secondary N) is 2. The predicted octanol–water partition coefficient (Wildman–Crippen LogP) is 4.98. The first-order valence-corrected chi connectivity index (χ1v) is 10.0. The molecule has 7 nitrogen and oxygen atoms in total. The third-order valence-corrected chi connectivity index (χ3v) is 5.27. The van der Waals surface area contributed by atoms with Crippen molar-refractivity contribution in [3.8, 4) is 0 Å². The number of hydrogen-bond acceptors (Lipinski definition) is 5. The van der Waals surface area contributed by atoms with Crippen LogP contribution >= 0.6 is 35.1 Å². The van der Waals surface area contributed by atoms with Crippen molar-refractivity contribution >= 4 is 53.2 Å². The van der Waals surface area contributed by atoms with Gasteiger partial charge >= 0.3 is 18.1 Å². The van der Waals surface area contributed by atoms with E-state index in [0.717, 1.165) is 24.8 Å². The Morgan fingerprint density at radius 2 is 1.93 bits per heavy atom. The van der Waals surface area contributed by atoms with Gasteiger partial charge in [-0.3, -0.25) is 4.90 Å². The Kier molecular flexibility index (Phi) is 9.38. The van der Waals surface area contributed by atoms with Gasteiger partial charge in [-0.05, 0) is 43.5 Å². The Bertz CT molecular complexity index is 703. The molecule has 0 aliphatic heterocycles. The Morgan fingerprint density at radius 1 is 1.26 bits per heavy atom. The van der Waals surface area contributed by atoms with E-state index < -0.39 is 22.6 Å². The largest absolute Gasteiger partial charge is 0.445 e. The number of quaternary nitrogens is 1. The molecule has 1 atom stereocenters. The average molecular weight is 436 g/mol. The van der Waals surface area contributed by atoms with Crippen LogP contribution in [0, 0.1) is 5.41 Å². The third-order valence-electron chi connectivity index (χ3n) is 3.76. The van der Waals surface area contributed by atoms with E-state index in [1.54, 1.807) is 25.1 Å². The molecule has 1 aromatic carbocycles. The molecule has 2 N–H and O–H groups in total. The van der Waals surface area contributed by atoms with Gasteiger partial charge in [-0.15, -0.1) is 0 Å². The van der Waals surface area contributed by atoms with Gasteiger partial charge in [0.15, 0.2) is 0 Å². The van der Waals surface area contributed by atoms with Crippen LogP contribution in [0.3, 0.4) is 0 Å². The number of unbranched alkanes of at least 4 members (excludes halogenated alkanes) is 1. The molecule has 1 unspecified atom stereocenters. The minimum atomic E-state index is -0.898. The quantitative estimate of drug-likeness (QED) is 0.217. The third kappa shape index (κ3) is 5.75. The first-order valence-electron chi connectivity index (χ1n) is 8.44. The molecule has 150 valence electrons. The summed E-state index contributed by atoms with van der Waals surface area (Å²) in [5.74, 6) is 0. The molecule has 0 radical (unpaired) electrons. The van der Waals surface area contributed by atoms with E-state index in [1.807, 2.05) is 6.92 Å². The summed E-state index contributed by atoms with van der Waals surface area (Å²) >= 11 is 12.9. The number of nitrogens with zero attached hydrogens (tertiary/aromatic N) is 2. The minimum absolute atomic E-state index is 0.0374. The Hall–Kier alpha value is -1.48.